The number of allylic oxidation sites excluding steroid dienone is 5. The summed E-state index contributed by atoms with van der Waals surface area (Å²) in [6.45, 7) is 11.1. The van der Waals surface area contributed by atoms with Crippen LogP contribution in [0.3, 0.4) is 0 Å². The summed E-state index contributed by atoms with van der Waals surface area (Å²) >= 11 is 8.64. The zero-order chi connectivity index (χ0) is 15.5. The summed E-state index contributed by atoms with van der Waals surface area (Å²) in [5, 5.41) is 0.203. The molecule has 20 heavy (non-hydrogen) atoms. The highest BCUT2D eigenvalue weighted by Crippen LogP contribution is 2.19. The molecule has 0 aliphatic rings. The number of hydrogen-bond donors (Lipinski definition) is 0. The fraction of sp³-hybridized carbons (Fsp3) is 0.125. The van der Waals surface area contributed by atoms with Gasteiger partial charge in [-0.25, -0.2) is 8.78 Å². The van der Waals surface area contributed by atoms with E-state index in [4.69, 9.17) is 11.6 Å². The Balaban J connectivity index is 0.000000367. The monoisotopic (exact) mass is 360 g/mol. The van der Waals surface area contributed by atoms with Crippen molar-refractivity contribution in [1.29, 1.82) is 0 Å². The van der Waals surface area contributed by atoms with Crippen LogP contribution in [0, 0.1) is 11.6 Å². The van der Waals surface area contributed by atoms with E-state index >= 15 is 0 Å². The second kappa shape index (κ2) is 10.6. The zero-order valence-corrected chi connectivity index (χ0v) is 13.4. The van der Waals surface area contributed by atoms with E-state index < -0.39 is 11.6 Å². The van der Waals surface area contributed by atoms with Gasteiger partial charge >= 0.3 is 0 Å². The highest BCUT2D eigenvalue weighted by Gasteiger charge is 1.98. The van der Waals surface area contributed by atoms with Crippen molar-refractivity contribution in [3.8, 4) is 0 Å². The van der Waals surface area contributed by atoms with Gasteiger partial charge in [0.15, 0.2) is 11.6 Å². The molecule has 0 aliphatic heterocycles. The molecule has 0 aliphatic carbocycles. The third-order valence-electron chi connectivity index (χ3n) is 2.17. The van der Waals surface area contributed by atoms with Gasteiger partial charge in [-0.1, -0.05) is 58.9 Å². The van der Waals surface area contributed by atoms with Crippen molar-refractivity contribution in [2.75, 3.05) is 0 Å². The van der Waals surface area contributed by atoms with Crippen molar-refractivity contribution < 1.29 is 8.78 Å². The SMILES string of the molecule is C=C/C=C(/CCC=C)C(=C)Br.Fc1ccc(Cl)cc1F. The van der Waals surface area contributed by atoms with Crippen LogP contribution in [0.1, 0.15) is 12.8 Å². The van der Waals surface area contributed by atoms with Crippen molar-refractivity contribution in [2.24, 2.45) is 0 Å². The first-order valence-corrected chi connectivity index (χ1v) is 6.97. The lowest BCUT2D eigenvalue weighted by Crippen LogP contribution is -1.80. The molecule has 4 heteroatoms. The smallest absolute Gasteiger partial charge is 0.160 e. The zero-order valence-electron chi connectivity index (χ0n) is 11.0. The predicted molar refractivity (Wildman–Crippen MR) is 87.1 cm³/mol. The summed E-state index contributed by atoms with van der Waals surface area (Å²) in [4.78, 5) is 0. The lowest BCUT2D eigenvalue weighted by molar-refractivity contribution is 0.508. The minimum atomic E-state index is -0.914. The minimum Gasteiger partial charge on any atom is -0.204 e. The standard InChI is InChI=1S/C10H13Br.C6H3ClF2/c1-4-6-8-10(7-5-2)9(3)11;7-4-1-2-5(8)6(9)3-4/h4-5,7H,1-3,6,8H2;1-3H/b10-7-;. The van der Waals surface area contributed by atoms with Crippen LogP contribution in [0.5, 0.6) is 0 Å². The average Bonchev–Trinajstić information content (AvgIpc) is 2.39. The van der Waals surface area contributed by atoms with Gasteiger partial charge in [-0.05, 0) is 36.6 Å². The molecule has 0 fully saturated rings. The van der Waals surface area contributed by atoms with Gasteiger partial charge < -0.3 is 0 Å². The lowest BCUT2D eigenvalue weighted by atomic mass is 10.1. The van der Waals surface area contributed by atoms with Crippen LogP contribution >= 0.6 is 27.5 Å². The fourth-order valence-electron chi connectivity index (χ4n) is 1.18. The first-order valence-electron chi connectivity index (χ1n) is 5.80. The third-order valence-corrected chi connectivity index (χ3v) is 2.91. The summed E-state index contributed by atoms with van der Waals surface area (Å²) in [7, 11) is 0. The molecule has 0 nitrogen and oxygen atoms in total. The van der Waals surface area contributed by atoms with E-state index in [1.165, 1.54) is 11.6 Å². The van der Waals surface area contributed by atoms with Gasteiger partial charge in [-0.2, -0.15) is 0 Å². The van der Waals surface area contributed by atoms with Gasteiger partial charge in [-0.15, -0.1) is 6.58 Å². The Morgan fingerprint density at radius 2 is 1.90 bits per heavy atom. The van der Waals surface area contributed by atoms with Crippen molar-refractivity contribution in [3.63, 3.8) is 0 Å². The summed E-state index contributed by atoms with van der Waals surface area (Å²) in [6, 6.07) is 3.20. The van der Waals surface area contributed by atoms with Crippen LogP contribution in [0.4, 0.5) is 8.78 Å². The van der Waals surface area contributed by atoms with Gasteiger partial charge in [-0.3, -0.25) is 0 Å². The van der Waals surface area contributed by atoms with Gasteiger partial charge in [0, 0.05) is 9.51 Å². The number of rotatable bonds is 5. The molecule has 1 rings (SSSR count). The predicted octanol–water partition coefficient (Wildman–Crippen LogP) is 6.59. The van der Waals surface area contributed by atoms with E-state index in [9.17, 15) is 8.78 Å². The second-order valence-corrected chi connectivity index (χ2v) is 5.11. The first-order chi connectivity index (χ1) is 9.42. The van der Waals surface area contributed by atoms with Gasteiger partial charge in [0.1, 0.15) is 0 Å². The van der Waals surface area contributed by atoms with E-state index in [0.29, 0.717) is 0 Å². The van der Waals surface area contributed by atoms with E-state index in [1.807, 2.05) is 12.2 Å². The summed E-state index contributed by atoms with van der Waals surface area (Å²) in [6.07, 6.45) is 7.57. The molecular formula is C16H16BrClF2. The van der Waals surface area contributed by atoms with Crippen LogP contribution in [0.25, 0.3) is 0 Å². The Kier molecular flexibility index (Phi) is 9.95. The van der Waals surface area contributed by atoms with Crippen LogP contribution in [0.15, 0.2) is 66.2 Å². The number of benzene rings is 1. The lowest BCUT2D eigenvalue weighted by Gasteiger charge is -2.00. The molecule has 0 saturated carbocycles. The Morgan fingerprint density at radius 1 is 1.25 bits per heavy atom. The molecule has 0 bridgehead atoms. The summed E-state index contributed by atoms with van der Waals surface area (Å²) < 4.78 is 25.1. The van der Waals surface area contributed by atoms with E-state index in [-0.39, 0.29) is 5.02 Å². The largest absolute Gasteiger partial charge is 0.204 e. The maximum atomic E-state index is 12.1. The normalized spacial score (nSPS) is 10.3. The molecule has 0 heterocycles. The van der Waals surface area contributed by atoms with E-state index in [1.54, 1.807) is 6.08 Å². The summed E-state index contributed by atoms with van der Waals surface area (Å²) in [5.74, 6) is -1.79. The molecule has 0 saturated heterocycles. The Bertz CT molecular complexity index is 507. The number of halogens is 4. The molecule has 1 aromatic rings. The molecule has 0 N–H and O–H groups in total. The van der Waals surface area contributed by atoms with Gasteiger partial charge in [0.05, 0.1) is 0 Å². The highest BCUT2D eigenvalue weighted by atomic mass is 79.9. The third kappa shape index (κ3) is 8.08. The quantitative estimate of drug-likeness (QED) is 0.315. The molecule has 108 valence electrons. The Labute approximate surface area is 132 Å². The van der Waals surface area contributed by atoms with E-state index in [0.717, 1.165) is 29.5 Å². The maximum absolute atomic E-state index is 12.1. The van der Waals surface area contributed by atoms with Crippen molar-refractivity contribution in [3.05, 3.63) is 82.9 Å². The van der Waals surface area contributed by atoms with Gasteiger partial charge in [0.25, 0.3) is 0 Å². The van der Waals surface area contributed by atoms with E-state index in [2.05, 4.69) is 35.7 Å². The van der Waals surface area contributed by atoms with Crippen LogP contribution in [-0.2, 0) is 0 Å². The van der Waals surface area contributed by atoms with Crippen LogP contribution < -0.4 is 0 Å². The molecule has 0 atom stereocenters. The van der Waals surface area contributed by atoms with Crippen LogP contribution in [-0.4, -0.2) is 0 Å². The topological polar surface area (TPSA) is 0 Å². The highest BCUT2D eigenvalue weighted by molar-refractivity contribution is 9.11. The van der Waals surface area contributed by atoms with Crippen molar-refractivity contribution >= 4 is 27.5 Å². The Morgan fingerprint density at radius 3 is 2.30 bits per heavy atom. The second-order valence-electron chi connectivity index (χ2n) is 3.72. The Hall–Kier alpha value is -1.19. The molecule has 0 aromatic heterocycles. The van der Waals surface area contributed by atoms with Crippen LogP contribution in [0.2, 0.25) is 5.02 Å². The molecule has 0 radical (unpaired) electrons. The summed E-state index contributed by atoms with van der Waals surface area (Å²) in [5.41, 5.74) is 1.18. The van der Waals surface area contributed by atoms with Crippen molar-refractivity contribution in [2.45, 2.75) is 12.8 Å². The molecule has 0 unspecified atom stereocenters. The molecule has 0 spiro atoms. The number of hydrogen-bond acceptors (Lipinski definition) is 0. The molecular weight excluding hydrogens is 346 g/mol. The molecule has 1 aromatic carbocycles. The minimum absolute atomic E-state index is 0.203. The van der Waals surface area contributed by atoms with Crippen molar-refractivity contribution in [1.82, 2.24) is 0 Å². The maximum Gasteiger partial charge on any atom is 0.160 e. The average molecular weight is 362 g/mol. The molecule has 0 amide bonds. The first kappa shape index (κ1) is 18.8. The fourth-order valence-corrected chi connectivity index (χ4v) is 1.67. The van der Waals surface area contributed by atoms with Gasteiger partial charge in [0.2, 0.25) is 0 Å².